The second-order valence-electron chi connectivity index (χ2n) is 4.45. The number of amides is 1. The molecule has 6 heteroatoms. The Hall–Kier alpha value is -2.11. The summed E-state index contributed by atoms with van der Waals surface area (Å²) in [5, 5.41) is 3.89. The molecular formula is C15H10ClFN2OS. The van der Waals surface area contributed by atoms with Crippen LogP contribution in [0.4, 0.5) is 15.8 Å². The first-order valence-corrected chi connectivity index (χ1v) is 7.28. The van der Waals surface area contributed by atoms with Crippen molar-refractivity contribution in [3.63, 3.8) is 0 Å². The van der Waals surface area contributed by atoms with Crippen LogP contribution in [0.3, 0.4) is 0 Å². The van der Waals surface area contributed by atoms with E-state index in [1.807, 2.05) is 0 Å². The SMILES string of the molecule is Nc1c(C(=O)Nc2ccc(Cl)cc2)sc2ccc(F)cc12. The van der Waals surface area contributed by atoms with E-state index in [-0.39, 0.29) is 11.7 Å². The Kier molecular flexibility index (Phi) is 3.53. The van der Waals surface area contributed by atoms with Gasteiger partial charge in [0.1, 0.15) is 10.7 Å². The molecule has 3 nitrogen and oxygen atoms in total. The average molecular weight is 321 g/mol. The van der Waals surface area contributed by atoms with Gasteiger partial charge < -0.3 is 11.1 Å². The van der Waals surface area contributed by atoms with Crippen molar-refractivity contribution in [3.8, 4) is 0 Å². The number of nitrogens with two attached hydrogens (primary N) is 1. The topological polar surface area (TPSA) is 55.1 Å². The molecule has 1 aromatic heterocycles. The Morgan fingerprint density at radius 1 is 1.19 bits per heavy atom. The van der Waals surface area contributed by atoms with Gasteiger partial charge in [-0.2, -0.15) is 0 Å². The Labute approximate surface area is 129 Å². The van der Waals surface area contributed by atoms with Gasteiger partial charge in [-0.1, -0.05) is 11.6 Å². The predicted molar refractivity (Wildman–Crippen MR) is 85.6 cm³/mol. The minimum Gasteiger partial charge on any atom is -0.397 e. The first-order valence-electron chi connectivity index (χ1n) is 6.09. The van der Waals surface area contributed by atoms with Gasteiger partial charge in [-0.05, 0) is 42.5 Å². The normalized spacial score (nSPS) is 10.8. The van der Waals surface area contributed by atoms with Crippen molar-refractivity contribution in [3.05, 3.63) is 58.2 Å². The zero-order valence-electron chi connectivity index (χ0n) is 10.7. The number of hydrogen-bond acceptors (Lipinski definition) is 3. The summed E-state index contributed by atoms with van der Waals surface area (Å²) in [6.07, 6.45) is 0. The smallest absolute Gasteiger partial charge is 0.267 e. The third kappa shape index (κ3) is 2.70. The predicted octanol–water partition coefficient (Wildman–Crippen LogP) is 4.53. The first-order chi connectivity index (χ1) is 10.0. The van der Waals surface area contributed by atoms with Crippen molar-refractivity contribution >= 4 is 50.3 Å². The monoisotopic (exact) mass is 320 g/mol. The Morgan fingerprint density at radius 3 is 2.62 bits per heavy atom. The number of benzene rings is 2. The van der Waals surface area contributed by atoms with Crippen molar-refractivity contribution < 1.29 is 9.18 Å². The summed E-state index contributed by atoms with van der Waals surface area (Å²) in [6, 6.07) is 11.1. The molecular weight excluding hydrogens is 311 g/mol. The number of carbonyl (C=O) groups is 1. The molecule has 0 bridgehead atoms. The molecule has 0 spiro atoms. The van der Waals surface area contributed by atoms with Crippen molar-refractivity contribution in [1.82, 2.24) is 0 Å². The fraction of sp³-hybridized carbons (Fsp3) is 0. The Bertz CT molecular complexity index is 830. The molecule has 0 aliphatic rings. The van der Waals surface area contributed by atoms with E-state index in [2.05, 4.69) is 5.32 Å². The average Bonchev–Trinajstić information content (AvgIpc) is 2.79. The second kappa shape index (κ2) is 5.35. The minimum atomic E-state index is -0.378. The fourth-order valence-electron chi connectivity index (χ4n) is 1.98. The first kappa shape index (κ1) is 13.9. The lowest BCUT2D eigenvalue weighted by molar-refractivity contribution is 0.103. The third-order valence-electron chi connectivity index (χ3n) is 3.00. The second-order valence-corrected chi connectivity index (χ2v) is 5.93. The van der Waals surface area contributed by atoms with Gasteiger partial charge in [0, 0.05) is 20.8 Å². The van der Waals surface area contributed by atoms with E-state index in [0.717, 1.165) is 4.70 Å². The molecule has 106 valence electrons. The summed E-state index contributed by atoms with van der Waals surface area (Å²) in [5.74, 6) is -0.701. The van der Waals surface area contributed by atoms with Crippen LogP contribution in [0.25, 0.3) is 10.1 Å². The van der Waals surface area contributed by atoms with Gasteiger partial charge in [-0.3, -0.25) is 4.79 Å². The summed E-state index contributed by atoms with van der Waals surface area (Å²) in [7, 11) is 0. The number of hydrogen-bond donors (Lipinski definition) is 2. The zero-order chi connectivity index (χ0) is 15.0. The lowest BCUT2D eigenvalue weighted by Gasteiger charge is -2.04. The molecule has 0 aliphatic heterocycles. The van der Waals surface area contributed by atoms with Crippen LogP contribution in [0.1, 0.15) is 9.67 Å². The van der Waals surface area contributed by atoms with Crippen LogP contribution < -0.4 is 11.1 Å². The highest BCUT2D eigenvalue weighted by molar-refractivity contribution is 7.21. The van der Waals surface area contributed by atoms with E-state index in [1.54, 1.807) is 30.3 Å². The maximum Gasteiger partial charge on any atom is 0.267 e. The van der Waals surface area contributed by atoms with E-state index >= 15 is 0 Å². The highest BCUT2D eigenvalue weighted by atomic mass is 35.5. The number of nitrogens with one attached hydrogen (secondary N) is 1. The highest BCUT2D eigenvalue weighted by Crippen LogP contribution is 2.34. The molecule has 0 saturated heterocycles. The zero-order valence-corrected chi connectivity index (χ0v) is 12.3. The number of thiophene rings is 1. The van der Waals surface area contributed by atoms with Crippen molar-refractivity contribution in [2.24, 2.45) is 0 Å². The minimum absolute atomic E-state index is 0.293. The van der Waals surface area contributed by atoms with Crippen molar-refractivity contribution in [2.75, 3.05) is 11.1 Å². The van der Waals surface area contributed by atoms with E-state index in [9.17, 15) is 9.18 Å². The molecule has 21 heavy (non-hydrogen) atoms. The van der Waals surface area contributed by atoms with Gasteiger partial charge in [-0.25, -0.2) is 4.39 Å². The maximum atomic E-state index is 13.2. The summed E-state index contributed by atoms with van der Waals surface area (Å²) < 4.78 is 14.0. The molecule has 0 unspecified atom stereocenters. The Morgan fingerprint density at radius 2 is 1.90 bits per heavy atom. The maximum absolute atomic E-state index is 13.2. The van der Waals surface area contributed by atoms with Gasteiger partial charge >= 0.3 is 0 Å². The van der Waals surface area contributed by atoms with Crippen LogP contribution in [0, 0.1) is 5.82 Å². The number of anilines is 2. The summed E-state index contributed by atoms with van der Waals surface area (Å²) >= 11 is 7.03. The molecule has 0 saturated carbocycles. The van der Waals surface area contributed by atoms with Crippen LogP contribution in [0.5, 0.6) is 0 Å². The number of fused-ring (bicyclic) bond motifs is 1. The lowest BCUT2D eigenvalue weighted by atomic mass is 10.2. The molecule has 0 atom stereocenters. The summed E-state index contributed by atoms with van der Waals surface area (Å²) in [6.45, 7) is 0. The number of carbonyl (C=O) groups excluding carboxylic acids is 1. The fourth-order valence-corrected chi connectivity index (χ4v) is 3.10. The summed E-state index contributed by atoms with van der Waals surface area (Å²) in [4.78, 5) is 12.6. The van der Waals surface area contributed by atoms with Gasteiger partial charge in [0.2, 0.25) is 0 Å². The van der Waals surface area contributed by atoms with Crippen LogP contribution in [0.2, 0.25) is 5.02 Å². The quantitative estimate of drug-likeness (QED) is 0.729. The largest absolute Gasteiger partial charge is 0.397 e. The van der Waals surface area contributed by atoms with Crippen LogP contribution in [-0.4, -0.2) is 5.91 Å². The van der Waals surface area contributed by atoms with E-state index in [1.165, 1.54) is 23.5 Å². The lowest BCUT2D eigenvalue weighted by Crippen LogP contribution is -2.11. The molecule has 3 aromatic rings. The molecule has 3 rings (SSSR count). The van der Waals surface area contributed by atoms with Gasteiger partial charge in [-0.15, -0.1) is 11.3 Å². The molecule has 0 fully saturated rings. The molecule has 0 aliphatic carbocycles. The van der Waals surface area contributed by atoms with Gasteiger partial charge in [0.15, 0.2) is 0 Å². The molecule has 3 N–H and O–H groups in total. The van der Waals surface area contributed by atoms with Crippen molar-refractivity contribution in [1.29, 1.82) is 0 Å². The van der Waals surface area contributed by atoms with E-state index < -0.39 is 0 Å². The molecule has 1 amide bonds. The van der Waals surface area contributed by atoms with Crippen molar-refractivity contribution in [2.45, 2.75) is 0 Å². The summed E-state index contributed by atoms with van der Waals surface area (Å²) in [5.41, 5.74) is 6.86. The number of halogens is 2. The van der Waals surface area contributed by atoms with Crippen LogP contribution in [0.15, 0.2) is 42.5 Å². The Balaban J connectivity index is 1.94. The van der Waals surface area contributed by atoms with Crippen LogP contribution >= 0.6 is 22.9 Å². The van der Waals surface area contributed by atoms with Gasteiger partial charge in [0.25, 0.3) is 5.91 Å². The van der Waals surface area contributed by atoms with E-state index in [4.69, 9.17) is 17.3 Å². The standard InChI is InChI=1S/C15H10ClFN2OS/c16-8-1-4-10(5-2-8)19-15(20)14-13(18)11-7-9(17)3-6-12(11)21-14/h1-7H,18H2,(H,19,20). The highest BCUT2D eigenvalue weighted by Gasteiger charge is 2.17. The molecule has 1 heterocycles. The van der Waals surface area contributed by atoms with Gasteiger partial charge in [0.05, 0.1) is 5.69 Å². The third-order valence-corrected chi connectivity index (χ3v) is 4.43. The number of rotatable bonds is 2. The molecule has 0 radical (unpaired) electrons. The van der Waals surface area contributed by atoms with E-state index in [0.29, 0.717) is 26.7 Å². The van der Waals surface area contributed by atoms with Crippen LogP contribution in [-0.2, 0) is 0 Å². The molecule has 2 aromatic carbocycles. The number of nitrogen functional groups attached to an aromatic ring is 1.